The molecule has 0 saturated heterocycles. The minimum absolute atomic E-state index is 0.327. The molecule has 0 aliphatic heterocycles. The Labute approximate surface area is 121 Å². The second-order valence-electron chi connectivity index (χ2n) is 3.48. The summed E-state index contributed by atoms with van der Waals surface area (Å²) in [7, 11) is 0. The van der Waals surface area contributed by atoms with E-state index < -0.39 is 0 Å². The molecule has 0 aliphatic carbocycles. The minimum atomic E-state index is -0.327. The summed E-state index contributed by atoms with van der Waals surface area (Å²) in [6, 6.07) is 5.87. The van der Waals surface area contributed by atoms with Crippen molar-refractivity contribution in [2.45, 2.75) is 13.3 Å². The lowest BCUT2D eigenvalue weighted by Gasteiger charge is -2.08. The molecule has 0 unspecified atom stereocenters. The highest BCUT2D eigenvalue weighted by atomic mass is 79.9. The van der Waals surface area contributed by atoms with Crippen LogP contribution in [-0.2, 0) is 6.42 Å². The average Bonchev–Trinajstić information content (AvgIpc) is 2.32. The van der Waals surface area contributed by atoms with Gasteiger partial charge >= 0.3 is 0 Å². The van der Waals surface area contributed by atoms with Crippen molar-refractivity contribution in [3.8, 4) is 11.6 Å². The molecule has 18 heavy (non-hydrogen) atoms. The maximum atomic E-state index is 13.0. The van der Waals surface area contributed by atoms with Crippen LogP contribution in [-0.4, -0.2) is 9.97 Å². The van der Waals surface area contributed by atoms with Crippen LogP contribution in [0.15, 0.2) is 33.3 Å². The van der Waals surface area contributed by atoms with Crippen LogP contribution >= 0.6 is 31.9 Å². The Morgan fingerprint density at radius 1 is 1.22 bits per heavy atom. The van der Waals surface area contributed by atoms with Crippen molar-refractivity contribution < 1.29 is 9.13 Å². The fourth-order valence-electron chi connectivity index (χ4n) is 1.32. The molecule has 0 radical (unpaired) electrons. The molecule has 0 spiro atoms. The lowest BCUT2D eigenvalue weighted by molar-refractivity contribution is 0.453. The molecule has 2 aromatic rings. The number of ether oxygens (including phenoxy) is 1. The second kappa shape index (κ2) is 5.75. The highest BCUT2D eigenvalue weighted by molar-refractivity contribution is 9.10. The normalized spacial score (nSPS) is 10.4. The summed E-state index contributed by atoms with van der Waals surface area (Å²) in [5, 5.41) is 0. The topological polar surface area (TPSA) is 35.0 Å². The molecule has 3 nitrogen and oxygen atoms in total. The quantitative estimate of drug-likeness (QED) is 0.741. The van der Waals surface area contributed by atoms with Crippen molar-refractivity contribution in [3.05, 3.63) is 45.0 Å². The molecule has 1 heterocycles. The molecule has 1 aromatic carbocycles. The molecule has 0 bridgehead atoms. The van der Waals surface area contributed by atoms with Gasteiger partial charge in [-0.2, -0.15) is 4.98 Å². The number of nitrogens with zero attached hydrogens (tertiary/aromatic N) is 2. The monoisotopic (exact) mass is 374 g/mol. The third-order valence-electron chi connectivity index (χ3n) is 2.14. The standard InChI is InChI=1S/C12H9Br2FN2O/c1-2-11-16-10(14)6-12(17-11)18-9-4-3-7(15)5-8(9)13/h3-6H,2H2,1H3. The first-order valence-electron chi connectivity index (χ1n) is 5.25. The molecule has 2 rings (SSSR count). The van der Waals surface area contributed by atoms with Gasteiger partial charge in [0.1, 0.15) is 22.0 Å². The maximum Gasteiger partial charge on any atom is 0.223 e. The first kappa shape index (κ1) is 13.4. The van der Waals surface area contributed by atoms with Gasteiger partial charge in [-0.25, -0.2) is 9.37 Å². The summed E-state index contributed by atoms with van der Waals surface area (Å²) in [6.45, 7) is 1.96. The van der Waals surface area contributed by atoms with E-state index in [1.54, 1.807) is 12.1 Å². The molecule has 0 amide bonds. The van der Waals surface area contributed by atoms with Gasteiger partial charge < -0.3 is 4.74 Å². The van der Waals surface area contributed by atoms with E-state index in [0.29, 0.717) is 33.0 Å². The van der Waals surface area contributed by atoms with Crippen molar-refractivity contribution in [1.82, 2.24) is 9.97 Å². The highest BCUT2D eigenvalue weighted by Crippen LogP contribution is 2.30. The third-order valence-corrected chi connectivity index (χ3v) is 3.17. The Morgan fingerprint density at radius 2 is 2.00 bits per heavy atom. The van der Waals surface area contributed by atoms with Crippen LogP contribution in [0.25, 0.3) is 0 Å². The number of halogens is 3. The Morgan fingerprint density at radius 3 is 2.67 bits per heavy atom. The van der Waals surface area contributed by atoms with Gasteiger partial charge in [-0.3, -0.25) is 0 Å². The molecule has 0 fully saturated rings. The maximum absolute atomic E-state index is 13.0. The van der Waals surface area contributed by atoms with Gasteiger partial charge in [0.05, 0.1) is 4.47 Å². The number of rotatable bonds is 3. The van der Waals surface area contributed by atoms with Gasteiger partial charge in [0.15, 0.2) is 0 Å². The summed E-state index contributed by atoms with van der Waals surface area (Å²) < 4.78 is 19.7. The van der Waals surface area contributed by atoms with E-state index in [1.807, 2.05) is 6.92 Å². The van der Waals surface area contributed by atoms with E-state index in [1.165, 1.54) is 12.1 Å². The van der Waals surface area contributed by atoms with Crippen LogP contribution in [0.3, 0.4) is 0 Å². The molecule has 1 aromatic heterocycles. The van der Waals surface area contributed by atoms with E-state index in [2.05, 4.69) is 41.8 Å². The van der Waals surface area contributed by atoms with Gasteiger partial charge in [0, 0.05) is 12.5 Å². The predicted molar refractivity (Wildman–Crippen MR) is 73.3 cm³/mol. The Hall–Kier alpha value is -1.01. The zero-order valence-electron chi connectivity index (χ0n) is 9.45. The van der Waals surface area contributed by atoms with E-state index in [9.17, 15) is 4.39 Å². The number of aromatic nitrogens is 2. The predicted octanol–water partition coefficient (Wildman–Crippen LogP) is 4.50. The van der Waals surface area contributed by atoms with Crippen molar-refractivity contribution in [2.24, 2.45) is 0 Å². The number of benzene rings is 1. The van der Waals surface area contributed by atoms with Crippen LogP contribution < -0.4 is 4.74 Å². The summed E-state index contributed by atoms with van der Waals surface area (Å²) >= 11 is 6.53. The van der Waals surface area contributed by atoms with Gasteiger partial charge in [0.25, 0.3) is 0 Å². The molecule has 0 aliphatic rings. The first-order chi connectivity index (χ1) is 8.58. The molecule has 0 atom stereocenters. The van der Waals surface area contributed by atoms with Gasteiger partial charge in [-0.05, 0) is 50.1 Å². The van der Waals surface area contributed by atoms with Crippen LogP contribution in [0.5, 0.6) is 11.6 Å². The lowest BCUT2D eigenvalue weighted by atomic mass is 10.3. The molecule has 6 heteroatoms. The molecule has 0 saturated carbocycles. The van der Waals surface area contributed by atoms with Crippen LogP contribution in [0.4, 0.5) is 4.39 Å². The summed E-state index contributed by atoms with van der Waals surface area (Å²) in [5.41, 5.74) is 0. The summed E-state index contributed by atoms with van der Waals surface area (Å²) in [6.07, 6.45) is 0.709. The number of aryl methyl sites for hydroxylation is 1. The Kier molecular flexibility index (Phi) is 4.29. The summed E-state index contributed by atoms with van der Waals surface area (Å²) in [4.78, 5) is 8.42. The molecule has 94 valence electrons. The van der Waals surface area contributed by atoms with E-state index in [0.717, 1.165) is 0 Å². The molecular formula is C12H9Br2FN2O. The number of hydrogen-bond donors (Lipinski definition) is 0. The fourth-order valence-corrected chi connectivity index (χ4v) is 2.16. The van der Waals surface area contributed by atoms with Crippen LogP contribution in [0.1, 0.15) is 12.7 Å². The van der Waals surface area contributed by atoms with Crippen molar-refractivity contribution in [2.75, 3.05) is 0 Å². The third kappa shape index (κ3) is 3.26. The van der Waals surface area contributed by atoms with Gasteiger partial charge in [-0.1, -0.05) is 6.92 Å². The highest BCUT2D eigenvalue weighted by Gasteiger charge is 2.07. The number of hydrogen-bond acceptors (Lipinski definition) is 3. The Bertz CT molecular complexity index is 578. The largest absolute Gasteiger partial charge is 0.438 e. The SMILES string of the molecule is CCc1nc(Br)cc(Oc2ccc(F)cc2Br)n1. The van der Waals surface area contributed by atoms with Crippen molar-refractivity contribution in [3.63, 3.8) is 0 Å². The van der Waals surface area contributed by atoms with Gasteiger partial charge in [0.2, 0.25) is 5.88 Å². The first-order valence-corrected chi connectivity index (χ1v) is 6.83. The van der Waals surface area contributed by atoms with Crippen molar-refractivity contribution >= 4 is 31.9 Å². The Balaban J connectivity index is 2.30. The van der Waals surface area contributed by atoms with Gasteiger partial charge in [-0.15, -0.1) is 0 Å². The van der Waals surface area contributed by atoms with Crippen molar-refractivity contribution in [1.29, 1.82) is 0 Å². The minimum Gasteiger partial charge on any atom is -0.438 e. The average molecular weight is 376 g/mol. The van der Waals surface area contributed by atoms with E-state index in [-0.39, 0.29) is 5.82 Å². The van der Waals surface area contributed by atoms with Crippen LogP contribution in [0, 0.1) is 5.82 Å². The van der Waals surface area contributed by atoms with E-state index in [4.69, 9.17) is 4.74 Å². The zero-order chi connectivity index (χ0) is 13.1. The fraction of sp³-hybridized carbons (Fsp3) is 0.167. The lowest BCUT2D eigenvalue weighted by Crippen LogP contribution is -1.97. The second-order valence-corrected chi connectivity index (χ2v) is 5.14. The summed E-state index contributed by atoms with van der Waals surface area (Å²) in [5.74, 6) is 1.27. The molecular weight excluding hydrogens is 367 g/mol. The zero-order valence-corrected chi connectivity index (χ0v) is 12.6. The smallest absolute Gasteiger partial charge is 0.223 e. The molecule has 0 N–H and O–H groups in total. The van der Waals surface area contributed by atoms with Crippen LogP contribution in [0.2, 0.25) is 0 Å². The van der Waals surface area contributed by atoms with E-state index >= 15 is 0 Å².